The zero-order valence-corrected chi connectivity index (χ0v) is 19.4. The van der Waals surface area contributed by atoms with Crippen molar-refractivity contribution >= 4 is 27.5 Å². The lowest BCUT2D eigenvalue weighted by molar-refractivity contribution is 0.0942. The van der Waals surface area contributed by atoms with Crippen molar-refractivity contribution in [3.63, 3.8) is 0 Å². The molecule has 0 unspecified atom stereocenters. The Morgan fingerprint density at radius 3 is 2.56 bits per heavy atom. The van der Waals surface area contributed by atoms with E-state index in [-0.39, 0.29) is 24.3 Å². The minimum atomic E-state index is -3.86. The average Bonchev–Trinajstić information content (AvgIpc) is 3.22. The van der Waals surface area contributed by atoms with Gasteiger partial charge >= 0.3 is 0 Å². The number of fused-ring (bicyclic) bond motifs is 1. The second kappa shape index (κ2) is 9.62. The molecular weight excluding hydrogens is 457 g/mol. The quantitative estimate of drug-likeness (QED) is 0.357. The molecule has 0 aliphatic rings. The molecule has 2 heterocycles. The van der Waals surface area contributed by atoms with Crippen LogP contribution in [0.4, 0.5) is 10.1 Å². The van der Waals surface area contributed by atoms with Crippen LogP contribution in [0.2, 0.25) is 0 Å². The number of nitrogens with zero attached hydrogens (tertiary/aromatic N) is 2. The number of nitrogens with one attached hydrogen (secondary N) is 3. The third kappa shape index (κ3) is 5.77. The molecule has 8 nitrogen and oxygen atoms in total. The van der Waals surface area contributed by atoms with Gasteiger partial charge in [-0.1, -0.05) is 24.3 Å². The number of anilines is 1. The van der Waals surface area contributed by atoms with E-state index in [9.17, 15) is 17.6 Å². The normalized spacial score (nSPS) is 11.6. The summed E-state index contributed by atoms with van der Waals surface area (Å²) < 4.78 is 44.6. The van der Waals surface area contributed by atoms with Gasteiger partial charge in [-0.25, -0.2) is 9.37 Å². The molecule has 0 saturated carbocycles. The lowest BCUT2D eigenvalue weighted by Crippen LogP contribution is -2.30. The summed E-state index contributed by atoms with van der Waals surface area (Å²) in [7, 11) is -3.86. The second-order valence-electron chi connectivity index (χ2n) is 8.07. The molecule has 0 saturated heterocycles. The number of halogens is 1. The summed E-state index contributed by atoms with van der Waals surface area (Å²) in [6, 6.07) is 15.9. The van der Waals surface area contributed by atoms with E-state index in [1.807, 2.05) is 19.9 Å². The van der Waals surface area contributed by atoms with Gasteiger partial charge in [-0.15, -0.1) is 0 Å². The highest BCUT2D eigenvalue weighted by Gasteiger charge is 2.13. The molecular formula is C24H24FN5O3S. The zero-order chi connectivity index (χ0) is 24.3. The monoisotopic (exact) mass is 481 g/mol. The van der Waals surface area contributed by atoms with Gasteiger partial charge in [0.25, 0.3) is 16.1 Å². The van der Waals surface area contributed by atoms with Crippen molar-refractivity contribution < 1.29 is 17.6 Å². The molecule has 0 bridgehead atoms. The van der Waals surface area contributed by atoms with Crippen molar-refractivity contribution in [1.29, 1.82) is 0 Å². The molecule has 0 aliphatic carbocycles. The van der Waals surface area contributed by atoms with Gasteiger partial charge in [0.05, 0.1) is 16.9 Å². The molecule has 34 heavy (non-hydrogen) atoms. The molecule has 0 atom stereocenters. The number of benzene rings is 2. The first-order valence-electron chi connectivity index (χ1n) is 10.6. The van der Waals surface area contributed by atoms with Crippen molar-refractivity contribution in [2.24, 2.45) is 0 Å². The molecule has 4 rings (SSSR count). The molecule has 0 spiro atoms. The molecule has 0 fully saturated rings. The van der Waals surface area contributed by atoms with Crippen LogP contribution >= 0.6 is 0 Å². The van der Waals surface area contributed by atoms with E-state index < -0.39 is 10.2 Å². The van der Waals surface area contributed by atoms with Crippen LogP contribution in [0.3, 0.4) is 0 Å². The van der Waals surface area contributed by atoms with E-state index >= 15 is 0 Å². The maximum Gasteiger partial charge on any atom is 0.299 e. The van der Waals surface area contributed by atoms with Crippen molar-refractivity contribution in [3.05, 3.63) is 90.0 Å². The summed E-state index contributed by atoms with van der Waals surface area (Å²) in [6.45, 7) is 3.81. The number of amides is 1. The van der Waals surface area contributed by atoms with Gasteiger partial charge in [-0.2, -0.15) is 13.1 Å². The van der Waals surface area contributed by atoms with Gasteiger partial charge in [0.2, 0.25) is 0 Å². The van der Waals surface area contributed by atoms with Crippen LogP contribution in [0.5, 0.6) is 0 Å². The standard InChI is InChI=1S/C24H24FN5O3S/c1-16(2)27-24(31)19-8-11-23-28-22(15-30(23)14-19)18-4-3-5-21(12-18)29-34(32,33)26-13-17-6-9-20(25)10-7-17/h3-12,14-16,26,29H,13H2,1-2H3,(H,27,31). The Kier molecular flexibility index (Phi) is 6.62. The smallest absolute Gasteiger partial charge is 0.299 e. The van der Waals surface area contributed by atoms with Crippen molar-refractivity contribution in [2.75, 3.05) is 4.72 Å². The highest BCUT2D eigenvalue weighted by atomic mass is 32.2. The lowest BCUT2D eigenvalue weighted by Gasteiger charge is -2.10. The predicted octanol–water partition coefficient (Wildman–Crippen LogP) is 3.73. The summed E-state index contributed by atoms with van der Waals surface area (Å²) >= 11 is 0. The van der Waals surface area contributed by atoms with Gasteiger partial charge in [0.15, 0.2) is 0 Å². The maximum absolute atomic E-state index is 13.0. The Labute approximate surface area is 197 Å². The lowest BCUT2D eigenvalue weighted by atomic mass is 10.1. The molecule has 10 heteroatoms. The summed E-state index contributed by atoms with van der Waals surface area (Å²) in [5.41, 5.74) is 3.49. The third-order valence-corrected chi connectivity index (χ3v) is 5.95. The van der Waals surface area contributed by atoms with Gasteiger partial charge in [-0.3, -0.25) is 9.52 Å². The number of rotatable bonds is 8. The van der Waals surface area contributed by atoms with Gasteiger partial charge in [0.1, 0.15) is 11.5 Å². The van der Waals surface area contributed by atoms with Crippen LogP contribution in [-0.4, -0.2) is 29.8 Å². The number of aromatic nitrogens is 2. The second-order valence-corrected chi connectivity index (χ2v) is 9.57. The molecule has 3 N–H and O–H groups in total. The number of hydrogen-bond acceptors (Lipinski definition) is 4. The maximum atomic E-state index is 13.0. The van der Waals surface area contributed by atoms with Crippen LogP contribution < -0.4 is 14.8 Å². The largest absolute Gasteiger partial charge is 0.350 e. The van der Waals surface area contributed by atoms with Crippen LogP contribution in [0.15, 0.2) is 73.1 Å². The minimum absolute atomic E-state index is 0.0223. The fourth-order valence-corrected chi connectivity index (χ4v) is 4.19. The summed E-state index contributed by atoms with van der Waals surface area (Å²) in [6.07, 6.45) is 3.48. The number of carbonyl (C=O) groups is 1. The van der Waals surface area contributed by atoms with Crippen LogP contribution in [0.1, 0.15) is 29.8 Å². The molecule has 1 amide bonds. The topological polar surface area (TPSA) is 105 Å². The number of imidazole rings is 1. The van der Waals surface area contributed by atoms with E-state index in [0.29, 0.717) is 33.7 Å². The Morgan fingerprint density at radius 2 is 1.82 bits per heavy atom. The first-order valence-corrected chi connectivity index (χ1v) is 12.1. The molecule has 2 aromatic carbocycles. The Balaban J connectivity index is 1.50. The molecule has 0 radical (unpaired) electrons. The van der Waals surface area contributed by atoms with E-state index in [4.69, 9.17) is 0 Å². The highest BCUT2D eigenvalue weighted by molar-refractivity contribution is 7.90. The average molecular weight is 482 g/mol. The zero-order valence-electron chi connectivity index (χ0n) is 18.6. The van der Waals surface area contributed by atoms with Crippen molar-refractivity contribution in [2.45, 2.75) is 26.4 Å². The fraction of sp³-hybridized carbons (Fsp3) is 0.167. The number of carbonyl (C=O) groups excluding carboxylic acids is 1. The minimum Gasteiger partial charge on any atom is -0.350 e. The number of hydrogen-bond donors (Lipinski definition) is 3. The van der Waals surface area contributed by atoms with Gasteiger partial charge in [-0.05, 0) is 55.8 Å². The van der Waals surface area contributed by atoms with E-state index in [2.05, 4.69) is 19.7 Å². The summed E-state index contributed by atoms with van der Waals surface area (Å²) in [5, 5.41) is 2.85. The summed E-state index contributed by atoms with van der Waals surface area (Å²) in [4.78, 5) is 16.9. The molecule has 0 aliphatic heterocycles. The molecule has 2 aromatic heterocycles. The van der Waals surface area contributed by atoms with E-state index in [0.717, 1.165) is 0 Å². The van der Waals surface area contributed by atoms with E-state index in [1.54, 1.807) is 47.1 Å². The first-order chi connectivity index (χ1) is 16.2. The number of pyridine rings is 1. The molecule has 176 valence electrons. The third-order valence-electron chi connectivity index (χ3n) is 4.92. The van der Waals surface area contributed by atoms with Gasteiger partial charge < -0.3 is 9.72 Å². The Hall–Kier alpha value is -3.76. The van der Waals surface area contributed by atoms with E-state index in [1.165, 1.54) is 24.3 Å². The fourth-order valence-electron chi connectivity index (χ4n) is 3.32. The van der Waals surface area contributed by atoms with Crippen molar-refractivity contribution in [1.82, 2.24) is 19.4 Å². The first kappa shape index (κ1) is 23.4. The van der Waals surface area contributed by atoms with Crippen LogP contribution in [0, 0.1) is 5.82 Å². The summed E-state index contributed by atoms with van der Waals surface area (Å²) in [5.74, 6) is -0.555. The Bertz CT molecular complexity index is 1430. The van der Waals surface area contributed by atoms with Crippen LogP contribution in [-0.2, 0) is 16.8 Å². The molecule has 4 aromatic rings. The Morgan fingerprint density at radius 1 is 1.06 bits per heavy atom. The van der Waals surface area contributed by atoms with Gasteiger partial charge in [0, 0.05) is 30.5 Å². The SMILES string of the molecule is CC(C)NC(=O)c1ccc2nc(-c3cccc(NS(=O)(=O)NCc4ccc(F)cc4)c3)cn2c1. The highest BCUT2D eigenvalue weighted by Crippen LogP contribution is 2.23. The van der Waals surface area contributed by atoms with Crippen molar-refractivity contribution in [3.8, 4) is 11.3 Å². The van der Waals surface area contributed by atoms with Crippen LogP contribution in [0.25, 0.3) is 16.9 Å². The predicted molar refractivity (Wildman–Crippen MR) is 129 cm³/mol.